The minimum absolute atomic E-state index is 0.129. The fraction of sp³-hybridized carbons (Fsp3) is 0.900. The summed E-state index contributed by atoms with van der Waals surface area (Å²) in [6.45, 7) is 7.97. The van der Waals surface area contributed by atoms with Crippen LogP contribution in [0.15, 0.2) is 0 Å². The monoisotopic (exact) mass is 201 g/mol. The van der Waals surface area contributed by atoms with Crippen LogP contribution in [0.2, 0.25) is 0 Å². The average Bonchev–Trinajstić information content (AvgIpc) is 2.32. The van der Waals surface area contributed by atoms with Crippen LogP contribution in [0.1, 0.15) is 27.2 Å². The maximum absolute atomic E-state index is 11.8. The van der Waals surface area contributed by atoms with Crippen LogP contribution in [-0.2, 0) is 4.79 Å². The Hall–Kier alpha value is -0.180. The molecule has 1 rings (SSSR count). The third kappa shape index (κ3) is 2.39. The van der Waals surface area contributed by atoms with Crippen molar-refractivity contribution in [1.29, 1.82) is 0 Å². The number of likely N-dealkylation sites (tertiary alicyclic amines) is 1. The molecule has 1 atom stereocenters. The maximum atomic E-state index is 11.8. The van der Waals surface area contributed by atoms with Crippen molar-refractivity contribution in [3.05, 3.63) is 0 Å². The van der Waals surface area contributed by atoms with Gasteiger partial charge >= 0.3 is 0 Å². The van der Waals surface area contributed by atoms with Gasteiger partial charge in [-0.3, -0.25) is 4.79 Å². The maximum Gasteiger partial charge on any atom is 0.228 e. The first kappa shape index (κ1) is 10.9. The molecule has 1 fully saturated rings. The Bertz CT molecular complexity index is 203. The second-order valence-corrected chi connectivity index (χ2v) is 5.04. The molecule has 1 heterocycles. The van der Waals surface area contributed by atoms with E-state index in [1.54, 1.807) is 0 Å². The van der Waals surface area contributed by atoms with E-state index >= 15 is 0 Å². The topological polar surface area (TPSA) is 20.3 Å². The van der Waals surface area contributed by atoms with Gasteiger partial charge in [-0.25, -0.2) is 0 Å². The van der Waals surface area contributed by atoms with Gasteiger partial charge in [-0.2, -0.15) is 12.6 Å². The minimum atomic E-state index is -0.129. The van der Waals surface area contributed by atoms with Gasteiger partial charge in [0.2, 0.25) is 5.91 Å². The first-order valence-corrected chi connectivity index (χ1v) is 5.51. The molecule has 1 unspecified atom stereocenters. The molecule has 1 aliphatic rings. The molecule has 0 spiro atoms. The van der Waals surface area contributed by atoms with E-state index < -0.39 is 0 Å². The van der Waals surface area contributed by atoms with Gasteiger partial charge in [0, 0.05) is 18.5 Å². The number of hydrogen-bond acceptors (Lipinski definition) is 2. The third-order valence-corrected chi connectivity index (χ3v) is 3.34. The highest BCUT2D eigenvalue weighted by Gasteiger charge is 2.38. The van der Waals surface area contributed by atoms with Gasteiger partial charge in [0.15, 0.2) is 0 Å². The summed E-state index contributed by atoms with van der Waals surface area (Å²) >= 11 is 4.22. The molecule has 0 aromatic rings. The number of amides is 1. The van der Waals surface area contributed by atoms with Crippen LogP contribution in [0.25, 0.3) is 0 Å². The first-order valence-electron chi connectivity index (χ1n) is 4.87. The summed E-state index contributed by atoms with van der Waals surface area (Å²) in [5.41, 5.74) is -0.129. The normalized spacial score (nSPS) is 23.7. The van der Waals surface area contributed by atoms with Crippen molar-refractivity contribution in [3.8, 4) is 0 Å². The zero-order valence-corrected chi connectivity index (χ0v) is 9.60. The highest BCUT2D eigenvalue weighted by Crippen LogP contribution is 2.30. The fourth-order valence-corrected chi connectivity index (χ4v) is 1.77. The van der Waals surface area contributed by atoms with E-state index in [2.05, 4.69) is 19.6 Å². The van der Waals surface area contributed by atoms with Gasteiger partial charge in [0.05, 0.1) is 0 Å². The predicted octanol–water partition coefficient (Wildman–Crippen LogP) is 1.81. The summed E-state index contributed by atoms with van der Waals surface area (Å²) in [5, 5.41) is 0. The molecule has 0 bridgehead atoms. The molecule has 0 aliphatic carbocycles. The number of hydrogen-bond donors (Lipinski definition) is 1. The Morgan fingerprint density at radius 2 is 2.23 bits per heavy atom. The molecule has 2 nitrogen and oxygen atoms in total. The van der Waals surface area contributed by atoms with Crippen molar-refractivity contribution >= 4 is 18.5 Å². The fourth-order valence-electron chi connectivity index (χ4n) is 1.66. The zero-order valence-electron chi connectivity index (χ0n) is 8.71. The lowest BCUT2D eigenvalue weighted by molar-refractivity contribution is -0.134. The van der Waals surface area contributed by atoms with Crippen LogP contribution in [0.3, 0.4) is 0 Å². The van der Waals surface area contributed by atoms with E-state index in [9.17, 15) is 4.79 Å². The van der Waals surface area contributed by atoms with Crippen molar-refractivity contribution < 1.29 is 4.79 Å². The summed E-state index contributed by atoms with van der Waals surface area (Å²) in [6.07, 6.45) is 0.991. The lowest BCUT2D eigenvalue weighted by Crippen LogP contribution is -2.34. The Morgan fingerprint density at radius 3 is 2.62 bits per heavy atom. The molecule has 0 N–H and O–H groups in total. The quantitative estimate of drug-likeness (QED) is 0.691. The van der Waals surface area contributed by atoms with Crippen molar-refractivity contribution in [2.45, 2.75) is 27.2 Å². The van der Waals surface area contributed by atoms with E-state index in [1.807, 2.05) is 18.7 Å². The highest BCUT2D eigenvalue weighted by atomic mass is 32.1. The molecule has 0 radical (unpaired) electrons. The van der Waals surface area contributed by atoms with Gasteiger partial charge in [-0.05, 0) is 18.1 Å². The van der Waals surface area contributed by atoms with Crippen LogP contribution in [0, 0.1) is 11.3 Å². The largest absolute Gasteiger partial charge is 0.342 e. The Kier molecular flexibility index (Phi) is 3.28. The zero-order chi connectivity index (χ0) is 10.1. The summed E-state index contributed by atoms with van der Waals surface area (Å²) in [6, 6.07) is 0. The second-order valence-electron chi connectivity index (χ2n) is 4.67. The summed E-state index contributed by atoms with van der Waals surface area (Å²) in [5.74, 6) is 1.66. The van der Waals surface area contributed by atoms with Gasteiger partial charge in [0.1, 0.15) is 0 Å². The Morgan fingerprint density at radius 1 is 1.62 bits per heavy atom. The van der Waals surface area contributed by atoms with Crippen molar-refractivity contribution in [2.24, 2.45) is 11.3 Å². The number of thiol groups is 1. The molecule has 1 amide bonds. The van der Waals surface area contributed by atoms with Crippen molar-refractivity contribution in [2.75, 3.05) is 18.8 Å². The minimum Gasteiger partial charge on any atom is -0.342 e. The van der Waals surface area contributed by atoms with E-state index in [0.717, 1.165) is 25.3 Å². The molecule has 13 heavy (non-hydrogen) atoms. The number of carbonyl (C=O) groups excluding carboxylic acids is 1. The lowest BCUT2D eigenvalue weighted by Gasteiger charge is -2.22. The number of rotatable bonds is 3. The van der Waals surface area contributed by atoms with Crippen LogP contribution in [-0.4, -0.2) is 29.6 Å². The molecule has 76 valence electrons. The summed E-state index contributed by atoms with van der Waals surface area (Å²) in [7, 11) is 0. The number of carbonyl (C=O) groups is 1. The molecule has 0 aromatic heterocycles. The van der Waals surface area contributed by atoms with E-state index in [0.29, 0.717) is 11.8 Å². The third-order valence-electron chi connectivity index (χ3n) is 2.72. The molecule has 0 aromatic carbocycles. The van der Waals surface area contributed by atoms with Crippen LogP contribution < -0.4 is 0 Å². The van der Waals surface area contributed by atoms with Gasteiger partial charge in [-0.1, -0.05) is 20.8 Å². The van der Waals surface area contributed by atoms with Crippen LogP contribution in [0.4, 0.5) is 0 Å². The molecule has 1 saturated heterocycles. The lowest BCUT2D eigenvalue weighted by atomic mass is 9.92. The van der Waals surface area contributed by atoms with Gasteiger partial charge in [-0.15, -0.1) is 0 Å². The summed E-state index contributed by atoms with van der Waals surface area (Å²) < 4.78 is 0. The van der Waals surface area contributed by atoms with Crippen molar-refractivity contribution in [1.82, 2.24) is 4.90 Å². The standard InChI is InChI=1S/C10H19NOS/c1-8(7-13)6-11-5-4-10(2,3)9(11)12/h8,13H,4-7H2,1-3H3. The van der Waals surface area contributed by atoms with Crippen LogP contribution >= 0.6 is 12.6 Å². The van der Waals surface area contributed by atoms with E-state index in [1.165, 1.54) is 0 Å². The molecule has 0 saturated carbocycles. The van der Waals surface area contributed by atoms with E-state index in [4.69, 9.17) is 0 Å². The smallest absolute Gasteiger partial charge is 0.228 e. The van der Waals surface area contributed by atoms with Gasteiger partial charge in [0.25, 0.3) is 0 Å². The van der Waals surface area contributed by atoms with Crippen molar-refractivity contribution in [3.63, 3.8) is 0 Å². The predicted molar refractivity (Wildman–Crippen MR) is 58.0 cm³/mol. The SMILES string of the molecule is CC(CS)CN1CCC(C)(C)C1=O. The highest BCUT2D eigenvalue weighted by molar-refractivity contribution is 7.80. The summed E-state index contributed by atoms with van der Waals surface area (Å²) in [4.78, 5) is 13.8. The number of nitrogens with zero attached hydrogens (tertiary/aromatic N) is 1. The Labute approximate surface area is 86.1 Å². The Balaban J connectivity index is 2.51. The second kappa shape index (κ2) is 3.91. The molecular formula is C10H19NOS. The van der Waals surface area contributed by atoms with E-state index in [-0.39, 0.29) is 5.41 Å². The molecule has 3 heteroatoms. The average molecular weight is 201 g/mol. The van der Waals surface area contributed by atoms with Crippen LogP contribution in [0.5, 0.6) is 0 Å². The molecular weight excluding hydrogens is 182 g/mol. The first-order chi connectivity index (χ1) is 5.97. The van der Waals surface area contributed by atoms with Gasteiger partial charge < -0.3 is 4.90 Å². The molecule has 1 aliphatic heterocycles.